The number of allylic oxidation sites excluding steroid dienone is 7. The van der Waals surface area contributed by atoms with Crippen LogP contribution in [0.25, 0.3) is 55.8 Å². The molecule has 1 aliphatic carbocycles. The molecule has 0 spiro atoms. The lowest BCUT2D eigenvalue weighted by atomic mass is 9.91. The zero-order chi connectivity index (χ0) is 55.0. The SMILES string of the molecule is C=CCC1C2=CC3=CC=CCC3N2c2ccc(-c3ccc(N(C(C=C)=CC=Cc4ccc(-n5c6ccccc6c6ccccc65)cc4)c4ccc(-c5ccc([Si](c6ccccc6)(c6ccccc6)c6ccccc6)cc5)cc4)cc3)cc21. The van der Waals surface area contributed by atoms with E-state index in [-0.39, 0.29) is 5.92 Å². The van der Waals surface area contributed by atoms with Crippen LogP contribution in [0.4, 0.5) is 17.1 Å². The van der Waals surface area contributed by atoms with Crippen molar-refractivity contribution < 1.29 is 0 Å². The Balaban J connectivity index is 0.801. The molecule has 2 atom stereocenters. The molecule has 10 aromatic carbocycles. The third kappa shape index (κ3) is 8.76. The van der Waals surface area contributed by atoms with Gasteiger partial charge in [-0.15, -0.1) is 6.58 Å². The number of hydrogen-bond acceptors (Lipinski definition) is 2. The van der Waals surface area contributed by atoms with E-state index in [0.717, 1.165) is 46.7 Å². The topological polar surface area (TPSA) is 11.4 Å². The first-order valence-electron chi connectivity index (χ1n) is 28.6. The van der Waals surface area contributed by atoms with Gasteiger partial charge in [0.2, 0.25) is 0 Å². The van der Waals surface area contributed by atoms with Crippen LogP contribution in [0.15, 0.2) is 334 Å². The van der Waals surface area contributed by atoms with E-state index < -0.39 is 8.07 Å². The fourth-order valence-corrected chi connectivity index (χ4v) is 18.0. The largest absolute Gasteiger partial charge is 0.336 e. The van der Waals surface area contributed by atoms with Crippen LogP contribution in [0.5, 0.6) is 0 Å². The first-order chi connectivity index (χ1) is 40.6. The van der Waals surface area contributed by atoms with E-state index in [0.29, 0.717) is 6.04 Å². The van der Waals surface area contributed by atoms with E-state index in [1.54, 1.807) is 0 Å². The standard InChI is InChI=1S/C78H61N3Si/c1-3-21-70-73-54-60(44-53-77(73)81-74-33-17-14-23-61(74)55-78(70)81)59-40-49-64(50-41-59)79(62(4-2)24-20-22-56-36-45-65(46-37-56)80-75-34-18-15-31-71(75)72-32-16-19-35-76(72)80)63-47-38-57(39-48-63)58-42-51-69(52-43-58)82(66-25-8-5-9-26-66,67-27-10-6-11-28-67)68-29-12-7-13-30-68/h3-20,22-32,34-55,70,74H,1-2,21,33H2. The highest BCUT2D eigenvalue weighted by Gasteiger charge is 2.43. The average molecular weight is 1070 g/mol. The van der Waals surface area contributed by atoms with Crippen LogP contribution in [0.1, 0.15) is 29.9 Å². The molecule has 11 aromatic rings. The number of anilines is 3. The number of hydrogen-bond donors (Lipinski definition) is 0. The van der Waals surface area contributed by atoms with Gasteiger partial charge in [-0.1, -0.05) is 237 Å². The Morgan fingerprint density at radius 2 is 1.05 bits per heavy atom. The summed E-state index contributed by atoms with van der Waals surface area (Å²) < 4.78 is 2.36. The molecule has 1 aromatic heterocycles. The lowest BCUT2D eigenvalue weighted by Gasteiger charge is -2.34. The molecule has 3 aliphatic rings. The van der Waals surface area contributed by atoms with E-state index in [2.05, 4.69) is 331 Å². The second kappa shape index (κ2) is 21.6. The first kappa shape index (κ1) is 50.2. The Bertz CT molecular complexity index is 4180. The summed E-state index contributed by atoms with van der Waals surface area (Å²) in [4.78, 5) is 4.89. The van der Waals surface area contributed by atoms with Crippen LogP contribution in [0.2, 0.25) is 0 Å². The Labute approximate surface area is 482 Å². The van der Waals surface area contributed by atoms with Crippen LogP contribution < -0.4 is 30.5 Å². The van der Waals surface area contributed by atoms with Gasteiger partial charge >= 0.3 is 0 Å². The molecule has 0 fully saturated rings. The molecule has 3 nitrogen and oxygen atoms in total. The predicted octanol–water partition coefficient (Wildman–Crippen LogP) is 17.0. The maximum absolute atomic E-state index is 4.41. The summed E-state index contributed by atoms with van der Waals surface area (Å²) in [6.07, 6.45) is 21.6. The molecular formula is C78H61N3Si. The molecule has 14 rings (SSSR count). The van der Waals surface area contributed by atoms with Crippen LogP contribution in [-0.4, -0.2) is 18.7 Å². The van der Waals surface area contributed by atoms with Gasteiger partial charge in [0.15, 0.2) is 8.07 Å². The summed E-state index contributed by atoms with van der Waals surface area (Å²) in [5.74, 6) is 0.286. The van der Waals surface area contributed by atoms with Gasteiger partial charge < -0.3 is 14.4 Å². The molecular weight excluding hydrogens is 1010 g/mol. The van der Waals surface area contributed by atoms with Gasteiger partial charge in [-0.25, -0.2) is 0 Å². The van der Waals surface area contributed by atoms with Crippen molar-refractivity contribution in [2.75, 3.05) is 9.80 Å². The van der Waals surface area contributed by atoms with Gasteiger partial charge in [0.1, 0.15) is 0 Å². The number of rotatable bonds is 15. The summed E-state index contributed by atoms with van der Waals surface area (Å²) in [5, 5.41) is 7.96. The van der Waals surface area contributed by atoms with Crippen molar-refractivity contribution in [1.29, 1.82) is 0 Å². The average Bonchev–Trinajstić information content (AvgIpc) is 3.59. The van der Waals surface area contributed by atoms with Crippen molar-refractivity contribution in [3.05, 3.63) is 345 Å². The van der Waals surface area contributed by atoms with Crippen LogP contribution in [-0.2, 0) is 0 Å². The minimum Gasteiger partial charge on any atom is -0.336 e. The van der Waals surface area contributed by atoms with Gasteiger partial charge in [-0.05, 0) is 151 Å². The van der Waals surface area contributed by atoms with E-state index in [9.17, 15) is 0 Å². The van der Waals surface area contributed by atoms with E-state index in [1.807, 2.05) is 6.08 Å². The van der Waals surface area contributed by atoms with Gasteiger partial charge in [0.05, 0.1) is 17.1 Å². The smallest absolute Gasteiger partial charge is 0.179 e. The monoisotopic (exact) mass is 1070 g/mol. The normalized spacial score (nSPS) is 15.5. The number of nitrogens with zero attached hydrogens (tertiary/aromatic N) is 3. The number of fused-ring (bicyclic) bond motifs is 8. The lowest BCUT2D eigenvalue weighted by molar-refractivity contribution is 0.742. The van der Waals surface area contributed by atoms with Crippen LogP contribution >= 0.6 is 0 Å². The molecule has 4 heteroatoms. The van der Waals surface area contributed by atoms with E-state index >= 15 is 0 Å². The van der Waals surface area contributed by atoms with Crippen molar-refractivity contribution in [3.8, 4) is 27.9 Å². The molecule has 0 saturated heterocycles. The number of para-hydroxylation sites is 2. The highest BCUT2D eigenvalue weighted by Crippen LogP contribution is 2.53. The Hall–Kier alpha value is -10.0. The summed E-state index contributed by atoms with van der Waals surface area (Å²) in [7, 11) is -2.66. The molecule has 392 valence electrons. The Morgan fingerprint density at radius 3 is 1.61 bits per heavy atom. The van der Waals surface area contributed by atoms with Gasteiger partial charge in [-0.3, -0.25) is 0 Å². The fourth-order valence-electron chi connectivity index (χ4n) is 13.3. The van der Waals surface area contributed by atoms with Crippen LogP contribution in [0.3, 0.4) is 0 Å². The molecule has 2 aliphatic heterocycles. The maximum Gasteiger partial charge on any atom is 0.179 e. The van der Waals surface area contributed by atoms with E-state index in [4.69, 9.17) is 0 Å². The first-order valence-corrected chi connectivity index (χ1v) is 30.6. The second-order valence-corrected chi connectivity index (χ2v) is 25.4. The second-order valence-electron chi connectivity index (χ2n) is 21.6. The molecule has 82 heavy (non-hydrogen) atoms. The zero-order valence-electron chi connectivity index (χ0n) is 45.8. The molecule has 0 amide bonds. The summed E-state index contributed by atoms with van der Waals surface area (Å²) in [6, 6.07) is 94.4. The summed E-state index contributed by atoms with van der Waals surface area (Å²) >= 11 is 0. The van der Waals surface area contributed by atoms with Gasteiger partial charge in [-0.2, -0.15) is 0 Å². The summed E-state index contributed by atoms with van der Waals surface area (Å²) in [6.45, 7) is 8.60. The third-order valence-electron chi connectivity index (χ3n) is 17.1. The Morgan fingerprint density at radius 1 is 0.537 bits per heavy atom. The third-order valence-corrected chi connectivity index (χ3v) is 21.9. The molecule has 3 heterocycles. The van der Waals surface area contributed by atoms with Crippen molar-refractivity contribution in [2.24, 2.45) is 0 Å². The molecule has 2 unspecified atom stereocenters. The zero-order valence-corrected chi connectivity index (χ0v) is 46.8. The van der Waals surface area contributed by atoms with Crippen molar-refractivity contribution in [2.45, 2.75) is 24.8 Å². The molecule has 0 bridgehead atoms. The molecule has 0 saturated carbocycles. The highest BCUT2D eigenvalue weighted by molar-refractivity contribution is 7.19. The van der Waals surface area contributed by atoms with Crippen LogP contribution in [0, 0.1) is 0 Å². The highest BCUT2D eigenvalue weighted by atomic mass is 28.3. The fraction of sp³-hybridized carbons (Fsp3) is 0.0513. The van der Waals surface area contributed by atoms with Crippen molar-refractivity contribution in [3.63, 3.8) is 0 Å². The quantitative estimate of drug-likeness (QED) is 0.0439. The van der Waals surface area contributed by atoms with Gasteiger partial charge in [0, 0.05) is 50.8 Å². The molecule has 0 N–H and O–H groups in total. The minimum absolute atomic E-state index is 0.286. The summed E-state index contributed by atoms with van der Waals surface area (Å²) in [5.41, 5.74) is 17.9. The van der Waals surface area contributed by atoms with Gasteiger partial charge in [0.25, 0.3) is 0 Å². The van der Waals surface area contributed by atoms with Crippen molar-refractivity contribution >= 4 is 73.8 Å². The minimum atomic E-state index is -2.66. The molecule has 0 radical (unpaired) electrons. The lowest BCUT2D eigenvalue weighted by Crippen LogP contribution is -2.74. The van der Waals surface area contributed by atoms with E-state index in [1.165, 1.54) is 81.8 Å². The predicted molar refractivity (Wildman–Crippen MR) is 351 cm³/mol. The Kier molecular flexibility index (Phi) is 13.2. The van der Waals surface area contributed by atoms with Crippen molar-refractivity contribution in [1.82, 2.24) is 4.57 Å². The maximum atomic E-state index is 4.41. The number of aromatic nitrogens is 1. The number of benzene rings is 10.